The van der Waals surface area contributed by atoms with Crippen molar-refractivity contribution in [1.82, 2.24) is 14.9 Å². The summed E-state index contributed by atoms with van der Waals surface area (Å²) in [6.45, 7) is 1.49. The first-order chi connectivity index (χ1) is 11.1. The Balaban J connectivity index is 2.08. The van der Waals surface area contributed by atoms with Crippen molar-refractivity contribution in [1.29, 1.82) is 0 Å². The minimum atomic E-state index is 0.123. The smallest absolute Gasteiger partial charge is 0.318 e. The normalized spacial score (nSPS) is 18.9. The van der Waals surface area contributed by atoms with Gasteiger partial charge in [-0.15, -0.1) is 0 Å². The molecule has 8 heteroatoms. The molecular formula is C15H23ClN4O2S. The molecule has 128 valence electrons. The van der Waals surface area contributed by atoms with Gasteiger partial charge < -0.3 is 15.0 Å². The number of halogens is 1. The average molecular weight is 359 g/mol. The lowest BCUT2D eigenvalue weighted by molar-refractivity contribution is -0.128. The maximum absolute atomic E-state index is 12.2. The van der Waals surface area contributed by atoms with E-state index in [1.54, 1.807) is 11.8 Å². The van der Waals surface area contributed by atoms with Crippen molar-refractivity contribution in [3.8, 4) is 6.01 Å². The first-order valence-corrected chi connectivity index (χ1v) is 9.51. The molecular weight excluding hydrogens is 336 g/mol. The van der Waals surface area contributed by atoms with Gasteiger partial charge in [0.2, 0.25) is 5.91 Å². The molecule has 1 saturated heterocycles. The Morgan fingerprint density at radius 2 is 2.35 bits per heavy atom. The number of hydrogen-bond donors (Lipinski definition) is 1. The van der Waals surface area contributed by atoms with E-state index in [0.29, 0.717) is 23.1 Å². The van der Waals surface area contributed by atoms with Crippen LogP contribution in [0.3, 0.4) is 0 Å². The van der Waals surface area contributed by atoms with E-state index in [2.05, 4.69) is 15.3 Å². The molecule has 1 aromatic rings. The number of amides is 1. The number of methoxy groups -OCH3 is 1. The quantitative estimate of drug-likeness (QED) is 0.872. The highest BCUT2D eigenvalue weighted by Crippen LogP contribution is 2.23. The van der Waals surface area contributed by atoms with Crippen molar-refractivity contribution in [2.45, 2.75) is 31.7 Å². The summed E-state index contributed by atoms with van der Waals surface area (Å²) in [5, 5.41) is 3.81. The van der Waals surface area contributed by atoms with Crippen LogP contribution in [0, 0.1) is 0 Å². The van der Waals surface area contributed by atoms with E-state index in [4.69, 9.17) is 16.3 Å². The van der Waals surface area contributed by atoms with Crippen molar-refractivity contribution < 1.29 is 9.53 Å². The summed E-state index contributed by atoms with van der Waals surface area (Å²) >= 11 is 7.73. The Hall–Kier alpha value is -1.21. The molecule has 1 amide bonds. The summed E-state index contributed by atoms with van der Waals surface area (Å²) in [6.07, 6.45) is 7.77. The van der Waals surface area contributed by atoms with Crippen LogP contribution in [0.5, 0.6) is 6.01 Å². The molecule has 0 aliphatic carbocycles. The van der Waals surface area contributed by atoms with Gasteiger partial charge in [-0.1, -0.05) is 24.4 Å². The zero-order valence-electron chi connectivity index (χ0n) is 13.5. The molecule has 1 atom stereocenters. The second-order valence-corrected chi connectivity index (χ2v) is 6.79. The van der Waals surface area contributed by atoms with Crippen LogP contribution in [0.25, 0.3) is 0 Å². The van der Waals surface area contributed by atoms with Crippen LogP contribution in [0.15, 0.2) is 6.20 Å². The molecule has 1 aromatic heterocycles. The van der Waals surface area contributed by atoms with E-state index in [9.17, 15) is 4.79 Å². The van der Waals surface area contributed by atoms with Crippen molar-refractivity contribution in [3.05, 3.63) is 11.2 Å². The third kappa shape index (κ3) is 5.42. The van der Waals surface area contributed by atoms with Gasteiger partial charge >= 0.3 is 6.01 Å². The summed E-state index contributed by atoms with van der Waals surface area (Å²) in [7, 11) is 1.52. The molecule has 0 spiro atoms. The molecule has 1 fully saturated rings. The highest BCUT2D eigenvalue weighted by atomic mass is 35.5. The third-order valence-electron chi connectivity index (χ3n) is 3.79. The molecule has 1 aliphatic rings. The zero-order chi connectivity index (χ0) is 16.7. The Morgan fingerprint density at radius 1 is 1.52 bits per heavy atom. The third-order valence-corrected chi connectivity index (χ3v) is 4.60. The van der Waals surface area contributed by atoms with Crippen molar-refractivity contribution in [3.63, 3.8) is 0 Å². The van der Waals surface area contributed by atoms with Crippen LogP contribution in [-0.4, -0.2) is 59.0 Å². The van der Waals surface area contributed by atoms with Gasteiger partial charge in [0.25, 0.3) is 0 Å². The monoisotopic (exact) mass is 358 g/mol. The van der Waals surface area contributed by atoms with Crippen molar-refractivity contribution in [2.24, 2.45) is 0 Å². The zero-order valence-corrected chi connectivity index (χ0v) is 15.1. The van der Waals surface area contributed by atoms with E-state index in [1.165, 1.54) is 13.3 Å². The number of likely N-dealkylation sites (tertiary alicyclic amines) is 1. The first kappa shape index (κ1) is 18.1. The van der Waals surface area contributed by atoms with Gasteiger partial charge in [-0.3, -0.25) is 4.79 Å². The Morgan fingerprint density at radius 3 is 3.09 bits per heavy atom. The van der Waals surface area contributed by atoms with Gasteiger partial charge in [-0.05, 0) is 19.1 Å². The number of nitrogens with one attached hydrogen (secondary N) is 1. The first-order valence-electron chi connectivity index (χ1n) is 7.73. The van der Waals surface area contributed by atoms with Gasteiger partial charge in [0.05, 0.1) is 19.1 Å². The number of hydrogen-bond acceptors (Lipinski definition) is 6. The van der Waals surface area contributed by atoms with Crippen molar-refractivity contribution in [2.75, 3.05) is 37.5 Å². The second-order valence-electron chi connectivity index (χ2n) is 5.52. The minimum absolute atomic E-state index is 0.123. The molecule has 2 heterocycles. The van der Waals surface area contributed by atoms with Crippen LogP contribution in [0.4, 0.5) is 5.82 Å². The number of aromatic nitrogens is 2. The van der Waals surface area contributed by atoms with Crippen LogP contribution in [0.1, 0.15) is 25.7 Å². The van der Waals surface area contributed by atoms with E-state index < -0.39 is 0 Å². The minimum Gasteiger partial charge on any atom is -0.467 e. The van der Waals surface area contributed by atoms with Crippen LogP contribution >= 0.6 is 23.4 Å². The van der Waals surface area contributed by atoms with Crippen LogP contribution in [0.2, 0.25) is 5.02 Å². The topological polar surface area (TPSA) is 67.3 Å². The average Bonchev–Trinajstić information content (AvgIpc) is 2.51. The molecule has 23 heavy (non-hydrogen) atoms. The molecule has 1 unspecified atom stereocenters. The standard InChI is InChI=1S/C15H23ClN4O2S/c1-22-15-17-8-12(16)14(19-15)18-11-6-4-3-5-7-20(9-11)13(21)10-23-2/h8,11H,3-7,9-10H2,1-2H3,(H,17,18,19). The Labute approximate surface area is 146 Å². The molecule has 0 radical (unpaired) electrons. The molecule has 1 aliphatic heterocycles. The molecule has 0 bridgehead atoms. The van der Waals surface area contributed by atoms with Gasteiger partial charge in [-0.2, -0.15) is 16.7 Å². The highest BCUT2D eigenvalue weighted by molar-refractivity contribution is 7.99. The SMILES string of the molecule is COc1ncc(Cl)c(NC2CCCCCN(C(=O)CSC)C2)n1. The summed E-state index contributed by atoms with van der Waals surface area (Å²) in [6, 6.07) is 0.399. The number of ether oxygens (including phenoxy) is 1. The molecule has 0 saturated carbocycles. The molecule has 2 rings (SSSR count). The summed E-state index contributed by atoms with van der Waals surface area (Å²) in [5.41, 5.74) is 0. The fraction of sp³-hybridized carbons (Fsp3) is 0.667. The number of thioether (sulfide) groups is 1. The second kappa shape index (κ2) is 9.17. The van der Waals surface area contributed by atoms with Crippen LogP contribution in [-0.2, 0) is 4.79 Å². The van der Waals surface area contributed by atoms with Gasteiger partial charge in [0.1, 0.15) is 5.02 Å². The number of carbonyl (C=O) groups excluding carboxylic acids is 1. The van der Waals surface area contributed by atoms with Crippen LogP contribution < -0.4 is 10.1 Å². The Kier molecular flexibility index (Phi) is 7.23. The lowest BCUT2D eigenvalue weighted by Crippen LogP contribution is -2.43. The number of rotatable bonds is 5. The maximum Gasteiger partial charge on any atom is 0.318 e. The fourth-order valence-corrected chi connectivity index (χ4v) is 3.20. The van der Waals surface area contributed by atoms with E-state index in [1.807, 2.05) is 11.2 Å². The molecule has 0 aromatic carbocycles. The largest absolute Gasteiger partial charge is 0.467 e. The van der Waals surface area contributed by atoms with E-state index >= 15 is 0 Å². The predicted octanol–water partition coefficient (Wildman–Crippen LogP) is 2.68. The lowest BCUT2D eigenvalue weighted by atomic mass is 10.0. The maximum atomic E-state index is 12.2. The highest BCUT2D eigenvalue weighted by Gasteiger charge is 2.21. The van der Waals surface area contributed by atoms with Gasteiger partial charge in [0, 0.05) is 19.1 Å². The predicted molar refractivity (Wildman–Crippen MR) is 94.4 cm³/mol. The summed E-state index contributed by atoms with van der Waals surface area (Å²) < 4.78 is 5.05. The van der Waals surface area contributed by atoms with E-state index in [0.717, 1.165) is 32.2 Å². The lowest BCUT2D eigenvalue weighted by Gasteiger charge is -2.31. The fourth-order valence-electron chi connectivity index (χ4n) is 2.62. The number of nitrogens with zero attached hydrogens (tertiary/aromatic N) is 3. The van der Waals surface area contributed by atoms with Gasteiger partial charge in [0.15, 0.2) is 5.82 Å². The van der Waals surface area contributed by atoms with E-state index in [-0.39, 0.29) is 18.0 Å². The van der Waals surface area contributed by atoms with Crippen molar-refractivity contribution >= 4 is 35.1 Å². The molecule has 1 N–H and O–H groups in total. The number of anilines is 1. The Bertz CT molecular complexity index is 532. The summed E-state index contributed by atoms with van der Waals surface area (Å²) in [4.78, 5) is 22.4. The summed E-state index contributed by atoms with van der Waals surface area (Å²) in [5.74, 6) is 1.27. The van der Waals surface area contributed by atoms with Gasteiger partial charge in [-0.25, -0.2) is 4.98 Å². The molecule has 6 nitrogen and oxygen atoms in total. The number of carbonyl (C=O) groups is 1.